The Labute approximate surface area is 103 Å². The average molecular weight is 238 g/mol. The predicted molar refractivity (Wildman–Crippen MR) is 66.6 cm³/mol. The first-order valence-electron chi connectivity index (χ1n) is 6.10. The molecule has 0 aliphatic carbocycles. The van der Waals surface area contributed by atoms with Gasteiger partial charge in [0.1, 0.15) is 0 Å². The molecule has 0 radical (unpaired) electrons. The number of hydrogen-bond donors (Lipinski definition) is 1. The van der Waals surface area contributed by atoms with E-state index in [0.29, 0.717) is 6.04 Å². The lowest BCUT2D eigenvalue weighted by molar-refractivity contribution is 0.113. The van der Waals surface area contributed by atoms with Crippen molar-refractivity contribution in [2.45, 2.75) is 12.6 Å². The van der Waals surface area contributed by atoms with Crippen molar-refractivity contribution in [3.8, 4) is 0 Å². The van der Waals surface area contributed by atoms with Gasteiger partial charge in [-0.05, 0) is 14.1 Å². The lowest BCUT2D eigenvalue weighted by atomic mass is 10.2. The Bertz CT molecular complexity index is 349. The van der Waals surface area contributed by atoms with Crippen molar-refractivity contribution in [2.24, 2.45) is 7.05 Å². The maximum absolute atomic E-state index is 3.92. The number of rotatable bonds is 4. The van der Waals surface area contributed by atoms with Gasteiger partial charge < -0.3 is 10.2 Å². The maximum atomic E-state index is 3.92. The molecule has 0 amide bonds. The summed E-state index contributed by atoms with van der Waals surface area (Å²) in [4.78, 5) is 4.81. The van der Waals surface area contributed by atoms with Crippen LogP contribution in [0.25, 0.3) is 0 Å². The molecule has 1 saturated heterocycles. The fraction of sp³-hybridized carbons (Fsp3) is 0.818. The van der Waals surface area contributed by atoms with Crippen molar-refractivity contribution in [3.05, 3.63) is 11.9 Å². The summed E-state index contributed by atoms with van der Waals surface area (Å²) in [6, 6.07) is 0.593. The van der Waals surface area contributed by atoms with Gasteiger partial charge in [-0.1, -0.05) is 5.21 Å². The molecule has 0 aromatic carbocycles. The minimum atomic E-state index is 0.593. The summed E-state index contributed by atoms with van der Waals surface area (Å²) in [5.74, 6) is 0. The van der Waals surface area contributed by atoms with Crippen LogP contribution in [0.5, 0.6) is 0 Å². The second-order valence-electron chi connectivity index (χ2n) is 4.88. The van der Waals surface area contributed by atoms with Crippen LogP contribution in [0.2, 0.25) is 0 Å². The summed E-state index contributed by atoms with van der Waals surface area (Å²) < 4.78 is 1.81. The number of nitrogens with one attached hydrogen (secondary N) is 1. The van der Waals surface area contributed by atoms with Crippen molar-refractivity contribution in [3.63, 3.8) is 0 Å². The summed E-state index contributed by atoms with van der Waals surface area (Å²) in [7, 11) is 6.31. The quantitative estimate of drug-likeness (QED) is 0.740. The standard InChI is InChI=1S/C11H22N6/c1-15-4-5-16(2)11(9-15)7-12-6-10-8-13-14-17(10)3/h8,11-12H,4-7,9H2,1-3H3. The minimum absolute atomic E-state index is 0.593. The molecule has 0 saturated carbocycles. The highest BCUT2D eigenvalue weighted by Crippen LogP contribution is 2.05. The number of aryl methyl sites for hydroxylation is 1. The zero-order chi connectivity index (χ0) is 12.3. The number of hydrogen-bond acceptors (Lipinski definition) is 5. The van der Waals surface area contributed by atoms with Crippen molar-refractivity contribution in [1.82, 2.24) is 30.1 Å². The summed E-state index contributed by atoms with van der Waals surface area (Å²) in [5.41, 5.74) is 1.12. The molecule has 1 aliphatic heterocycles. The van der Waals surface area contributed by atoms with Crippen LogP contribution in [-0.2, 0) is 13.6 Å². The first-order chi connectivity index (χ1) is 8.16. The summed E-state index contributed by atoms with van der Waals surface area (Å²) >= 11 is 0. The van der Waals surface area contributed by atoms with Crippen molar-refractivity contribution in [1.29, 1.82) is 0 Å². The molecule has 1 atom stereocenters. The lowest BCUT2D eigenvalue weighted by Crippen LogP contribution is -2.53. The Morgan fingerprint density at radius 3 is 2.88 bits per heavy atom. The van der Waals surface area contributed by atoms with E-state index in [1.807, 2.05) is 17.9 Å². The fourth-order valence-electron chi connectivity index (χ4n) is 2.16. The molecule has 1 fully saturated rings. The molecule has 1 unspecified atom stereocenters. The van der Waals surface area contributed by atoms with Crippen LogP contribution in [0.1, 0.15) is 5.69 Å². The summed E-state index contributed by atoms with van der Waals surface area (Å²) in [6.45, 7) is 5.28. The van der Waals surface area contributed by atoms with E-state index < -0.39 is 0 Å². The first-order valence-corrected chi connectivity index (χ1v) is 6.10. The molecule has 1 N–H and O–H groups in total. The van der Waals surface area contributed by atoms with E-state index in [4.69, 9.17) is 0 Å². The molecule has 1 aromatic rings. The predicted octanol–water partition coefficient (Wildman–Crippen LogP) is -0.849. The maximum Gasteiger partial charge on any atom is 0.0738 e. The van der Waals surface area contributed by atoms with Gasteiger partial charge in [0, 0.05) is 45.8 Å². The zero-order valence-electron chi connectivity index (χ0n) is 10.9. The van der Waals surface area contributed by atoms with Crippen molar-refractivity contribution in [2.75, 3.05) is 40.3 Å². The Balaban J connectivity index is 1.76. The highest BCUT2D eigenvalue weighted by Gasteiger charge is 2.21. The van der Waals surface area contributed by atoms with Crippen LogP contribution in [-0.4, -0.2) is 71.1 Å². The number of aromatic nitrogens is 3. The number of likely N-dealkylation sites (N-methyl/N-ethyl adjacent to an activating group) is 2. The van der Waals surface area contributed by atoms with E-state index in [1.165, 1.54) is 6.54 Å². The van der Waals surface area contributed by atoms with Gasteiger partial charge in [-0.25, -0.2) is 0 Å². The van der Waals surface area contributed by atoms with Gasteiger partial charge >= 0.3 is 0 Å². The Hall–Kier alpha value is -0.980. The molecule has 96 valence electrons. The topological polar surface area (TPSA) is 49.2 Å². The molecule has 17 heavy (non-hydrogen) atoms. The summed E-state index contributed by atoms with van der Waals surface area (Å²) in [6.07, 6.45) is 1.81. The van der Waals surface area contributed by atoms with E-state index in [2.05, 4.69) is 39.5 Å². The Morgan fingerprint density at radius 1 is 1.35 bits per heavy atom. The lowest BCUT2D eigenvalue weighted by Gasteiger charge is -2.37. The molecule has 0 bridgehead atoms. The van der Waals surface area contributed by atoms with E-state index in [-0.39, 0.29) is 0 Å². The van der Waals surface area contributed by atoms with E-state index >= 15 is 0 Å². The third-order valence-electron chi connectivity index (χ3n) is 3.47. The van der Waals surface area contributed by atoms with E-state index in [0.717, 1.165) is 31.9 Å². The highest BCUT2D eigenvalue weighted by atomic mass is 15.4. The molecule has 0 spiro atoms. The highest BCUT2D eigenvalue weighted by molar-refractivity contribution is 4.92. The van der Waals surface area contributed by atoms with Gasteiger partial charge in [0.05, 0.1) is 11.9 Å². The third kappa shape index (κ3) is 3.24. The monoisotopic (exact) mass is 238 g/mol. The van der Waals surface area contributed by atoms with Crippen LogP contribution in [0, 0.1) is 0 Å². The minimum Gasteiger partial charge on any atom is -0.310 e. The first kappa shape index (κ1) is 12.5. The molecular formula is C11H22N6. The van der Waals surface area contributed by atoms with Crippen LogP contribution in [0.3, 0.4) is 0 Å². The smallest absolute Gasteiger partial charge is 0.0738 e. The van der Waals surface area contributed by atoms with Crippen molar-refractivity contribution >= 4 is 0 Å². The number of nitrogens with zero attached hydrogens (tertiary/aromatic N) is 5. The Kier molecular flexibility index (Phi) is 4.09. The number of piperazine rings is 1. The zero-order valence-corrected chi connectivity index (χ0v) is 10.9. The third-order valence-corrected chi connectivity index (χ3v) is 3.47. The fourth-order valence-corrected chi connectivity index (χ4v) is 2.16. The van der Waals surface area contributed by atoms with Gasteiger partial charge in [0.15, 0.2) is 0 Å². The SMILES string of the molecule is CN1CCN(C)C(CNCc2cnnn2C)C1. The molecule has 2 rings (SSSR count). The van der Waals surface area contributed by atoms with Crippen LogP contribution in [0.15, 0.2) is 6.20 Å². The molecule has 6 heteroatoms. The van der Waals surface area contributed by atoms with Crippen LogP contribution < -0.4 is 5.32 Å². The van der Waals surface area contributed by atoms with Gasteiger partial charge in [0.25, 0.3) is 0 Å². The molecule has 2 heterocycles. The molecule has 6 nitrogen and oxygen atoms in total. The van der Waals surface area contributed by atoms with Gasteiger partial charge in [-0.3, -0.25) is 9.58 Å². The molecule has 1 aliphatic rings. The van der Waals surface area contributed by atoms with Crippen LogP contribution in [0.4, 0.5) is 0 Å². The Morgan fingerprint density at radius 2 is 2.18 bits per heavy atom. The molecular weight excluding hydrogens is 216 g/mol. The normalized spacial score (nSPS) is 23.1. The average Bonchev–Trinajstić information content (AvgIpc) is 2.70. The van der Waals surface area contributed by atoms with E-state index in [1.54, 1.807) is 0 Å². The molecule has 1 aromatic heterocycles. The van der Waals surface area contributed by atoms with Gasteiger partial charge in [-0.2, -0.15) is 0 Å². The van der Waals surface area contributed by atoms with E-state index in [9.17, 15) is 0 Å². The van der Waals surface area contributed by atoms with Crippen molar-refractivity contribution < 1.29 is 0 Å². The largest absolute Gasteiger partial charge is 0.310 e. The van der Waals surface area contributed by atoms with Gasteiger partial charge in [0.2, 0.25) is 0 Å². The summed E-state index contributed by atoms with van der Waals surface area (Å²) in [5, 5.41) is 11.3. The van der Waals surface area contributed by atoms with Gasteiger partial charge in [-0.15, -0.1) is 5.10 Å². The van der Waals surface area contributed by atoms with Crippen LogP contribution >= 0.6 is 0 Å². The second kappa shape index (κ2) is 5.57. The second-order valence-corrected chi connectivity index (χ2v) is 4.88.